The van der Waals surface area contributed by atoms with Gasteiger partial charge in [-0.3, -0.25) is 4.79 Å². The second kappa shape index (κ2) is 5.98. The summed E-state index contributed by atoms with van der Waals surface area (Å²) in [6.45, 7) is 0.887. The second-order valence-electron chi connectivity index (χ2n) is 2.87. The lowest BCUT2D eigenvalue weighted by Crippen LogP contribution is -2.27. The monoisotopic (exact) mass is 305 g/mol. The van der Waals surface area contributed by atoms with Gasteiger partial charge in [0.1, 0.15) is 3.92 Å². The highest BCUT2D eigenvalue weighted by Gasteiger charge is 2.09. The smallest absolute Gasteiger partial charge is 0.232 e. The van der Waals surface area contributed by atoms with Crippen LogP contribution in [0.3, 0.4) is 0 Å². The Morgan fingerprint density at radius 2 is 2.07 bits per heavy atom. The van der Waals surface area contributed by atoms with Crippen LogP contribution in [0.4, 0.5) is 0 Å². The van der Waals surface area contributed by atoms with Gasteiger partial charge in [0.15, 0.2) is 0 Å². The molecular formula is C10H12INO2. The summed E-state index contributed by atoms with van der Waals surface area (Å²) in [6, 6.07) is 9.82. The maximum absolute atomic E-state index is 10.7. The number of ether oxygens (including phenoxy) is 1. The molecule has 0 fully saturated rings. The van der Waals surface area contributed by atoms with E-state index < -0.39 is 0 Å². The van der Waals surface area contributed by atoms with Crippen LogP contribution >= 0.6 is 22.6 Å². The molecule has 76 valence electrons. The van der Waals surface area contributed by atoms with Gasteiger partial charge in [-0.05, 0) is 5.56 Å². The van der Waals surface area contributed by atoms with Crippen LogP contribution in [0.1, 0.15) is 5.56 Å². The molecule has 0 radical (unpaired) electrons. The molecule has 0 spiro atoms. The van der Waals surface area contributed by atoms with E-state index in [0.717, 1.165) is 5.56 Å². The van der Waals surface area contributed by atoms with Crippen molar-refractivity contribution < 1.29 is 9.53 Å². The summed E-state index contributed by atoms with van der Waals surface area (Å²) in [7, 11) is 0. The first-order valence-electron chi connectivity index (χ1n) is 4.25. The number of hydrogen-bond donors (Lipinski definition) is 1. The zero-order valence-corrected chi connectivity index (χ0v) is 9.81. The van der Waals surface area contributed by atoms with E-state index in [2.05, 4.69) is 0 Å². The van der Waals surface area contributed by atoms with E-state index in [9.17, 15) is 4.79 Å². The number of alkyl halides is 1. The molecule has 0 bridgehead atoms. The van der Waals surface area contributed by atoms with Crippen molar-refractivity contribution in [2.75, 3.05) is 6.61 Å². The zero-order chi connectivity index (χ0) is 10.4. The van der Waals surface area contributed by atoms with Gasteiger partial charge < -0.3 is 10.5 Å². The summed E-state index contributed by atoms with van der Waals surface area (Å²) in [6.07, 6.45) is 0. The van der Waals surface area contributed by atoms with Crippen molar-refractivity contribution in [3.63, 3.8) is 0 Å². The Kier molecular flexibility index (Phi) is 4.89. The van der Waals surface area contributed by atoms with Crippen LogP contribution in [-0.2, 0) is 16.1 Å². The number of carbonyl (C=O) groups is 1. The molecule has 0 aliphatic rings. The van der Waals surface area contributed by atoms with E-state index >= 15 is 0 Å². The Morgan fingerprint density at radius 3 is 2.64 bits per heavy atom. The molecule has 1 rings (SSSR count). The highest BCUT2D eigenvalue weighted by atomic mass is 127. The maximum Gasteiger partial charge on any atom is 0.232 e. The Hall–Kier alpha value is -0.620. The molecule has 2 N–H and O–H groups in total. The lowest BCUT2D eigenvalue weighted by molar-refractivity contribution is -0.118. The average Bonchev–Trinajstić information content (AvgIpc) is 2.19. The van der Waals surface area contributed by atoms with Crippen molar-refractivity contribution in [1.82, 2.24) is 0 Å². The van der Waals surface area contributed by atoms with E-state index in [1.165, 1.54) is 0 Å². The van der Waals surface area contributed by atoms with Crippen LogP contribution in [0.25, 0.3) is 0 Å². The Balaban J connectivity index is 2.26. The Labute approximate surface area is 96.8 Å². The van der Waals surface area contributed by atoms with E-state index in [1.54, 1.807) is 0 Å². The molecule has 0 aliphatic heterocycles. The molecule has 3 nitrogen and oxygen atoms in total. The quantitative estimate of drug-likeness (QED) is 0.662. The van der Waals surface area contributed by atoms with Crippen molar-refractivity contribution in [3.05, 3.63) is 35.9 Å². The molecule has 1 aromatic rings. The molecule has 1 atom stereocenters. The summed E-state index contributed by atoms with van der Waals surface area (Å²) in [5.41, 5.74) is 6.19. The van der Waals surface area contributed by atoms with Crippen LogP contribution in [0.5, 0.6) is 0 Å². The number of rotatable bonds is 5. The third kappa shape index (κ3) is 4.06. The number of hydrogen-bond acceptors (Lipinski definition) is 2. The van der Waals surface area contributed by atoms with Gasteiger partial charge in [0.2, 0.25) is 5.91 Å². The van der Waals surface area contributed by atoms with Crippen molar-refractivity contribution in [1.29, 1.82) is 0 Å². The summed E-state index contributed by atoms with van der Waals surface area (Å²) < 4.78 is 5.08. The minimum absolute atomic E-state index is 0.253. The van der Waals surface area contributed by atoms with Crippen LogP contribution in [-0.4, -0.2) is 16.4 Å². The van der Waals surface area contributed by atoms with Crippen LogP contribution in [0, 0.1) is 0 Å². The van der Waals surface area contributed by atoms with Gasteiger partial charge in [0.25, 0.3) is 0 Å². The van der Waals surface area contributed by atoms with Gasteiger partial charge in [-0.15, -0.1) is 0 Å². The maximum atomic E-state index is 10.7. The van der Waals surface area contributed by atoms with Crippen molar-refractivity contribution in [2.24, 2.45) is 5.73 Å². The fourth-order valence-electron chi connectivity index (χ4n) is 0.937. The fourth-order valence-corrected chi connectivity index (χ4v) is 1.19. The largest absolute Gasteiger partial charge is 0.375 e. The first-order valence-corrected chi connectivity index (χ1v) is 5.50. The van der Waals surface area contributed by atoms with Crippen LogP contribution in [0.2, 0.25) is 0 Å². The third-order valence-corrected chi connectivity index (χ3v) is 2.66. The van der Waals surface area contributed by atoms with Gasteiger partial charge in [-0.1, -0.05) is 52.9 Å². The molecule has 0 aliphatic carbocycles. The molecule has 4 heteroatoms. The van der Waals surface area contributed by atoms with Crippen LogP contribution in [0.15, 0.2) is 30.3 Å². The second-order valence-corrected chi connectivity index (χ2v) is 4.37. The van der Waals surface area contributed by atoms with Gasteiger partial charge in [0.05, 0.1) is 13.2 Å². The topological polar surface area (TPSA) is 52.3 Å². The molecule has 0 heterocycles. The first-order chi connectivity index (χ1) is 6.70. The number of halogens is 1. The number of primary amides is 1. The summed E-state index contributed by atoms with van der Waals surface area (Å²) >= 11 is 1.97. The number of carbonyl (C=O) groups excluding carboxylic acids is 1. The molecule has 0 saturated carbocycles. The molecule has 14 heavy (non-hydrogen) atoms. The summed E-state index contributed by atoms with van der Waals surface area (Å²) in [4.78, 5) is 10.7. The molecule has 0 aromatic heterocycles. The Morgan fingerprint density at radius 1 is 1.43 bits per heavy atom. The van der Waals surface area contributed by atoms with Gasteiger partial charge in [0, 0.05) is 0 Å². The number of benzene rings is 1. The van der Waals surface area contributed by atoms with Crippen molar-refractivity contribution in [2.45, 2.75) is 10.5 Å². The fraction of sp³-hybridized carbons (Fsp3) is 0.300. The lowest BCUT2D eigenvalue weighted by Gasteiger charge is -2.06. The molecule has 0 unspecified atom stereocenters. The lowest BCUT2D eigenvalue weighted by atomic mass is 10.2. The van der Waals surface area contributed by atoms with Gasteiger partial charge in [-0.25, -0.2) is 0 Å². The predicted molar refractivity (Wildman–Crippen MR) is 63.1 cm³/mol. The third-order valence-electron chi connectivity index (χ3n) is 1.68. The van der Waals surface area contributed by atoms with E-state index in [-0.39, 0.29) is 9.83 Å². The normalized spacial score (nSPS) is 12.4. The summed E-state index contributed by atoms with van der Waals surface area (Å²) in [5, 5.41) is 0. The van der Waals surface area contributed by atoms with E-state index in [4.69, 9.17) is 10.5 Å². The van der Waals surface area contributed by atoms with Crippen molar-refractivity contribution in [3.8, 4) is 0 Å². The van der Waals surface area contributed by atoms with Crippen molar-refractivity contribution >= 4 is 28.5 Å². The van der Waals surface area contributed by atoms with Gasteiger partial charge in [-0.2, -0.15) is 0 Å². The number of nitrogens with two attached hydrogens (primary N) is 1. The average molecular weight is 305 g/mol. The zero-order valence-electron chi connectivity index (χ0n) is 7.65. The van der Waals surface area contributed by atoms with Gasteiger partial charge >= 0.3 is 0 Å². The number of amides is 1. The predicted octanol–water partition coefficient (Wildman–Crippen LogP) is 1.49. The molecule has 1 aromatic carbocycles. The first kappa shape index (κ1) is 11.5. The minimum atomic E-state index is -0.335. The molecule has 1 amide bonds. The van der Waals surface area contributed by atoms with E-state index in [1.807, 2.05) is 52.9 Å². The minimum Gasteiger partial charge on any atom is -0.375 e. The molecule has 0 saturated heterocycles. The standard InChI is InChI=1S/C10H12INO2/c11-9(10(12)13)7-14-6-8-4-2-1-3-5-8/h1-5,9H,6-7H2,(H2,12,13)/t9-/m0/s1. The summed E-state index contributed by atoms with van der Waals surface area (Å²) in [5.74, 6) is -0.335. The highest BCUT2D eigenvalue weighted by Crippen LogP contribution is 2.04. The van der Waals surface area contributed by atoms with E-state index in [0.29, 0.717) is 13.2 Å². The molecular weight excluding hydrogens is 293 g/mol. The highest BCUT2D eigenvalue weighted by molar-refractivity contribution is 14.1. The van der Waals surface area contributed by atoms with Crippen LogP contribution < -0.4 is 5.73 Å². The SMILES string of the molecule is NC(=O)[C@@H](I)COCc1ccccc1. The Bertz CT molecular complexity index is 289.